The molecule has 0 radical (unpaired) electrons. The van der Waals surface area contributed by atoms with Crippen molar-refractivity contribution in [2.24, 2.45) is 0 Å². The second kappa shape index (κ2) is 5.38. The number of hydrogen-bond acceptors (Lipinski definition) is 2. The number of rotatable bonds is 3. The van der Waals surface area contributed by atoms with Gasteiger partial charge in [-0.3, -0.25) is 0 Å². The first-order valence-corrected chi connectivity index (χ1v) is 5.89. The zero-order valence-corrected chi connectivity index (χ0v) is 10.7. The van der Waals surface area contributed by atoms with Crippen LogP contribution in [0, 0.1) is 5.82 Å². The highest BCUT2D eigenvalue weighted by Crippen LogP contribution is 2.31. The van der Waals surface area contributed by atoms with Gasteiger partial charge in [-0.15, -0.1) is 0 Å². The largest absolute Gasteiger partial charge is 0.392 e. The van der Waals surface area contributed by atoms with Crippen LogP contribution in [-0.2, 0) is 6.61 Å². The van der Waals surface area contributed by atoms with Crippen molar-refractivity contribution in [3.05, 3.63) is 58.9 Å². The average Bonchev–Trinajstić information content (AvgIpc) is 2.38. The van der Waals surface area contributed by atoms with Gasteiger partial charge in [0.25, 0.3) is 0 Å². The van der Waals surface area contributed by atoms with E-state index < -0.39 is 0 Å². The highest BCUT2D eigenvalue weighted by atomic mass is 35.5. The van der Waals surface area contributed by atoms with Crippen LogP contribution in [0.5, 0.6) is 0 Å². The summed E-state index contributed by atoms with van der Waals surface area (Å²) in [6.45, 7) is -0.138. The molecule has 0 bridgehead atoms. The second-order valence-electron chi connectivity index (χ2n) is 3.93. The normalized spacial score (nSPS) is 10.4. The molecule has 0 spiro atoms. The molecule has 0 amide bonds. The number of aliphatic hydroxyl groups excluding tert-OH is 1. The third-order valence-corrected chi connectivity index (χ3v) is 3.18. The standard InChI is InChI=1S/C14H13ClFNO/c1-17(11-7-5-10(16)6-8-11)14-4-2-3-13(15)12(14)9-18/h2-8,18H,9H2,1H3. The Hall–Kier alpha value is -1.58. The lowest BCUT2D eigenvalue weighted by Gasteiger charge is -2.22. The van der Waals surface area contributed by atoms with Gasteiger partial charge in [-0.25, -0.2) is 4.39 Å². The van der Waals surface area contributed by atoms with E-state index in [1.807, 2.05) is 24.1 Å². The fourth-order valence-electron chi connectivity index (χ4n) is 1.82. The highest BCUT2D eigenvalue weighted by molar-refractivity contribution is 6.31. The van der Waals surface area contributed by atoms with Crippen LogP contribution < -0.4 is 4.90 Å². The quantitative estimate of drug-likeness (QED) is 0.914. The van der Waals surface area contributed by atoms with Gasteiger partial charge in [0.05, 0.1) is 6.61 Å². The number of anilines is 2. The molecule has 0 aromatic heterocycles. The minimum absolute atomic E-state index is 0.138. The molecule has 2 nitrogen and oxygen atoms in total. The minimum Gasteiger partial charge on any atom is -0.392 e. The molecule has 4 heteroatoms. The molecule has 0 saturated heterocycles. The van der Waals surface area contributed by atoms with Crippen molar-refractivity contribution in [3.63, 3.8) is 0 Å². The van der Waals surface area contributed by atoms with E-state index >= 15 is 0 Å². The van der Waals surface area contributed by atoms with E-state index in [0.717, 1.165) is 11.4 Å². The number of halogens is 2. The Balaban J connectivity index is 2.42. The average molecular weight is 266 g/mol. The third-order valence-electron chi connectivity index (χ3n) is 2.83. The summed E-state index contributed by atoms with van der Waals surface area (Å²) in [5.41, 5.74) is 2.29. The molecule has 0 atom stereocenters. The molecule has 0 fully saturated rings. The van der Waals surface area contributed by atoms with Crippen LogP contribution >= 0.6 is 11.6 Å². The van der Waals surface area contributed by atoms with Crippen molar-refractivity contribution in [2.75, 3.05) is 11.9 Å². The molecular weight excluding hydrogens is 253 g/mol. The lowest BCUT2D eigenvalue weighted by molar-refractivity contribution is 0.282. The lowest BCUT2D eigenvalue weighted by atomic mass is 10.1. The van der Waals surface area contributed by atoms with E-state index in [0.29, 0.717) is 10.6 Å². The van der Waals surface area contributed by atoms with Crippen molar-refractivity contribution in [1.82, 2.24) is 0 Å². The SMILES string of the molecule is CN(c1ccc(F)cc1)c1cccc(Cl)c1CO. The maximum atomic E-state index is 12.9. The predicted octanol–water partition coefficient (Wildman–Crippen LogP) is 3.74. The molecule has 0 unspecified atom stereocenters. The van der Waals surface area contributed by atoms with E-state index in [1.54, 1.807) is 18.2 Å². The molecule has 18 heavy (non-hydrogen) atoms. The Kier molecular flexibility index (Phi) is 3.84. The lowest BCUT2D eigenvalue weighted by Crippen LogP contribution is -2.12. The second-order valence-corrected chi connectivity index (χ2v) is 4.34. The van der Waals surface area contributed by atoms with Crippen LogP contribution in [0.3, 0.4) is 0 Å². The zero-order valence-electron chi connectivity index (χ0n) is 9.90. The molecule has 0 aliphatic rings. The number of nitrogens with zero attached hydrogens (tertiary/aromatic N) is 1. The summed E-state index contributed by atoms with van der Waals surface area (Å²) < 4.78 is 12.9. The van der Waals surface area contributed by atoms with Crippen LogP contribution in [0.15, 0.2) is 42.5 Å². The summed E-state index contributed by atoms with van der Waals surface area (Å²) in [6.07, 6.45) is 0. The van der Waals surface area contributed by atoms with Crippen LogP contribution in [0.1, 0.15) is 5.56 Å². The maximum Gasteiger partial charge on any atom is 0.123 e. The third kappa shape index (κ3) is 2.47. The summed E-state index contributed by atoms with van der Waals surface area (Å²) in [4.78, 5) is 1.86. The fourth-order valence-corrected chi connectivity index (χ4v) is 2.05. The van der Waals surface area contributed by atoms with Gasteiger partial charge in [0.15, 0.2) is 0 Å². The summed E-state index contributed by atoms with van der Waals surface area (Å²) in [6, 6.07) is 11.6. The van der Waals surface area contributed by atoms with Gasteiger partial charge in [0.1, 0.15) is 5.82 Å². The van der Waals surface area contributed by atoms with Gasteiger partial charge >= 0.3 is 0 Å². The Morgan fingerprint density at radius 1 is 1.17 bits per heavy atom. The van der Waals surface area contributed by atoms with E-state index in [2.05, 4.69) is 0 Å². The Morgan fingerprint density at radius 2 is 1.83 bits per heavy atom. The van der Waals surface area contributed by atoms with Crippen LogP contribution in [0.25, 0.3) is 0 Å². The van der Waals surface area contributed by atoms with Crippen molar-refractivity contribution in [1.29, 1.82) is 0 Å². The summed E-state index contributed by atoms with van der Waals surface area (Å²) in [7, 11) is 1.85. The minimum atomic E-state index is -0.277. The zero-order chi connectivity index (χ0) is 13.1. The van der Waals surface area contributed by atoms with Crippen molar-refractivity contribution >= 4 is 23.0 Å². The highest BCUT2D eigenvalue weighted by Gasteiger charge is 2.11. The van der Waals surface area contributed by atoms with Gasteiger partial charge in [0, 0.05) is 29.0 Å². The first-order chi connectivity index (χ1) is 8.63. The molecule has 94 valence electrons. The van der Waals surface area contributed by atoms with Crippen molar-refractivity contribution in [3.8, 4) is 0 Å². The molecule has 0 aliphatic heterocycles. The van der Waals surface area contributed by atoms with Crippen LogP contribution in [-0.4, -0.2) is 12.2 Å². The Bertz CT molecular complexity index is 542. The molecule has 0 aliphatic carbocycles. The molecule has 0 heterocycles. The monoisotopic (exact) mass is 265 g/mol. The molecule has 0 saturated carbocycles. The van der Waals surface area contributed by atoms with Gasteiger partial charge < -0.3 is 10.0 Å². The van der Waals surface area contributed by atoms with E-state index in [-0.39, 0.29) is 12.4 Å². The number of benzene rings is 2. The summed E-state index contributed by atoms with van der Waals surface area (Å²) in [5.74, 6) is -0.277. The van der Waals surface area contributed by atoms with E-state index in [1.165, 1.54) is 12.1 Å². The molecule has 2 rings (SSSR count). The summed E-state index contributed by atoms with van der Waals surface area (Å²) >= 11 is 6.04. The van der Waals surface area contributed by atoms with Gasteiger partial charge in [-0.2, -0.15) is 0 Å². The first-order valence-electron chi connectivity index (χ1n) is 5.51. The van der Waals surface area contributed by atoms with Crippen molar-refractivity contribution in [2.45, 2.75) is 6.61 Å². The maximum absolute atomic E-state index is 12.9. The predicted molar refractivity (Wildman–Crippen MR) is 71.8 cm³/mol. The van der Waals surface area contributed by atoms with Gasteiger partial charge in [-0.05, 0) is 36.4 Å². The summed E-state index contributed by atoms with van der Waals surface area (Å²) in [5, 5.41) is 9.89. The first kappa shape index (κ1) is 12.9. The number of aliphatic hydroxyl groups is 1. The van der Waals surface area contributed by atoms with E-state index in [4.69, 9.17) is 11.6 Å². The van der Waals surface area contributed by atoms with Crippen molar-refractivity contribution < 1.29 is 9.50 Å². The Morgan fingerprint density at radius 3 is 2.44 bits per heavy atom. The van der Waals surface area contributed by atoms with Crippen LogP contribution in [0.4, 0.5) is 15.8 Å². The van der Waals surface area contributed by atoms with E-state index in [9.17, 15) is 9.50 Å². The topological polar surface area (TPSA) is 23.5 Å². The Labute approximate surface area is 110 Å². The molecule has 2 aromatic carbocycles. The molecular formula is C14H13ClFNO. The van der Waals surface area contributed by atoms with Gasteiger partial charge in [0.2, 0.25) is 0 Å². The van der Waals surface area contributed by atoms with Gasteiger partial charge in [-0.1, -0.05) is 17.7 Å². The number of hydrogen-bond donors (Lipinski definition) is 1. The fraction of sp³-hybridized carbons (Fsp3) is 0.143. The smallest absolute Gasteiger partial charge is 0.123 e. The molecule has 1 N–H and O–H groups in total. The molecule has 2 aromatic rings. The van der Waals surface area contributed by atoms with Crippen LogP contribution in [0.2, 0.25) is 5.02 Å².